The van der Waals surface area contributed by atoms with E-state index in [-0.39, 0.29) is 11.4 Å². The first-order valence-corrected chi connectivity index (χ1v) is 6.71. The Morgan fingerprint density at radius 1 is 1.38 bits per heavy atom. The van der Waals surface area contributed by atoms with Gasteiger partial charge in [-0.3, -0.25) is 14.6 Å². The third kappa shape index (κ3) is 2.31. The number of nitrogens with zero attached hydrogens (tertiary/aromatic N) is 1. The van der Waals surface area contributed by atoms with Crippen LogP contribution in [0.5, 0.6) is 0 Å². The zero-order valence-corrected chi connectivity index (χ0v) is 11.1. The summed E-state index contributed by atoms with van der Waals surface area (Å²) in [6.07, 6.45) is -3.92. The fourth-order valence-electron chi connectivity index (χ4n) is 2.09. The van der Waals surface area contributed by atoms with E-state index in [1.807, 2.05) is 0 Å². The number of hydrogen-bond acceptors (Lipinski definition) is 4. The Hall–Kier alpha value is -2.22. The molecule has 1 atom stereocenters. The van der Waals surface area contributed by atoms with Crippen LogP contribution in [-0.4, -0.2) is 16.7 Å². The van der Waals surface area contributed by atoms with Crippen molar-refractivity contribution in [2.45, 2.75) is 12.1 Å². The van der Waals surface area contributed by atoms with Crippen molar-refractivity contribution in [2.24, 2.45) is 0 Å². The van der Waals surface area contributed by atoms with E-state index in [0.717, 1.165) is 17.4 Å². The first kappa shape index (κ1) is 13.7. The molecule has 0 aromatic carbocycles. The smallest absolute Gasteiger partial charge is 0.323 e. The normalized spacial score (nSPS) is 17.5. The van der Waals surface area contributed by atoms with Crippen LogP contribution in [-0.2, 0) is 11.0 Å². The molecule has 0 saturated heterocycles. The van der Waals surface area contributed by atoms with Gasteiger partial charge < -0.3 is 5.32 Å². The van der Waals surface area contributed by atoms with Gasteiger partial charge >= 0.3 is 6.18 Å². The molecular formula is C13H7F3N2O2S. The Bertz CT molecular complexity index is 726. The number of carbonyl (C=O) groups is 2. The van der Waals surface area contributed by atoms with Crippen LogP contribution in [0.3, 0.4) is 0 Å². The highest BCUT2D eigenvalue weighted by atomic mass is 32.1. The molecule has 0 fully saturated rings. The van der Waals surface area contributed by atoms with E-state index < -0.39 is 29.3 Å². The topological polar surface area (TPSA) is 59.1 Å². The summed E-state index contributed by atoms with van der Waals surface area (Å²) < 4.78 is 37.8. The third-order valence-corrected chi connectivity index (χ3v) is 3.95. The van der Waals surface area contributed by atoms with Gasteiger partial charge in [-0.15, -0.1) is 11.3 Å². The number of nitrogens with one attached hydrogen (secondary N) is 1. The largest absolute Gasteiger partial charge is 0.417 e. The average molecular weight is 312 g/mol. The molecule has 1 N–H and O–H groups in total. The van der Waals surface area contributed by atoms with Gasteiger partial charge in [0.05, 0.1) is 21.8 Å². The highest BCUT2D eigenvalue weighted by Gasteiger charge is 2.40. The third-order valence-electron chi connectivity index (χ3n) is 3.07. The number of hydrogen-bond donors (Lipinski definition) is 1. The van der Waals surface area contributed by atoms with Crippen molar-refractivity contribution < 1.29 is 22.8 Å². The predicted octanol–water partition coefficient (Wildman–Crippen LogP) is 3.08. The second kappa shape index (κ2) is 4.66. The van der Waals surface area contributed by atoms with Crippen molar-refractivity contribution in [1.82, 2.24) is 4.98 Å². The summed E-state index contributed by atoms with van der Waals surface area (Å²) in [7, 11) is 0. The van der Waals surface area contributed by atoms with E-state index >= 15 is 0 Å². The maximum atomic E-state index is 12.6. The van der Waals surface area contributed by atoms with E-state index in [4.69, 9.17) is 0 Å². The molecule has 2 aromatic heterocycles. The molecular weight excluding hydrogens is 305 g/mol. The van der Waals surface area contributed by atoms with Crippen molar-refractivity contribution in [3.63, 3.8) is 0 Å². The lowest BCUT2D eigenvalue weighted by Gasteiger charge is -2.08. The van der Waals surface area contributed by atoms with E-state index in [1.165, 1.54) is 0 Å². The number of pyridine rings is 1. The van der Waals surface area contributed by atoms with Crippen molar-refractivity contribution in [3.05, 3.63) is 45.9 Å². The van der Waals surface area contributed by atoms with Gasteiger partial charge in [-0.25, -0.2) is 0 Å². The van der Waals surface area contributed by atoms with Gasteiger partial charge in [0.15, 0.2) is 5.78 Å². The second-order valence-electron chi connectivity index (χ2n) is 4.42. The number of ketones is 1. The van der Waals surface area contributed by atoms with Crippen molar-refractivity contribution in [2.75, 3.05) is 5.32 Å². The zero-order valence-electron chi connectivity index (χ0n) is 10.3. The van der Waals surface area contributed by atoms with Crippen LogP contribution in [0.15, 0.2) is 29.8 Å². The molecule has 108 valence electrons. The van der Waals surface area contributed by atoms with Crippen LogP contribution in [0.1, 0.15) is 26.8 Å². The number of Topliss-reactive ketones (excluding diaryl/α,β-unsaturated/α-hetero) is 1. The quantitative estimate of drug-likeness (QED) is 0.685. The average Bonchev–Trinajstić information content (AvgIpc) is 3.02. The number of rotatable bonds is 2. The molecule has 1 aliphatic heterocycles. The molecule has 3 heterocycles. The summed E-state index contributed by atoms with van der Waals surface area (Å²) in [6, 6.07) is 4.01. The molecule has 21 heavy (non-hydrogen) atoms. The van der Waals surface area contributed by atoms with Crippen LogP contribution in [0.2, 0.25) is 0 Å². The first-order valence-electron chi connectivity index (χ1n) is 5.83. The highest BCUT2D eigenvalue weighted by Crippen LogP contribution is 2.38. The van der Waals surface area contributed by atoms with Crippen LogP contribution in [0, 0.1) is 0 Å². The van der Waals surface area contributed by atoms with Gasteiger partial charge in [0, 0.05) is 6.20 Å². The van der Waals surface area contributed by atoms with E-state index in [2.05, 4.69) is 10.3 Å². The van der Waals surface area contributed by atoms with Gasteiger partial charge in [-0.1, -0.05) is 6.07 Å². The maximum absolute atomic E-state index is 12.6. The summed E-state index contributed by atoms with van der Waals surface area (Å²) in [5.74, 6) is -2.32. The summed E-state index contributed by atoms with van der Waals surface area (Å²) in [5.41, 5.74) is -0.998. The molecule has 0 bridgehead atoms. The monoisotopic (exact) mass is 312 g/mol. The fourth-order valence-corrected chi connectivity index (χ4v) is 2.79. The summed E-state index contributed by atoms with van der Waals surface area (Å²) in [6.45, 7) is 0. The van der Waals surface area contributed by atoms with Crippen LogP contribution in [0.25, 0.3) is 0 Å². The minimum absolute atomic E-state index is 0.0337. The zero-order chi connectivity index (χ0) is 15.2. The number of alkyl halides is 3. The minimum atomic E-state index is -4.55. The lowest BCUT2D eigenvalue weighted by atomic mass is 9.99. The van der Waals surface area contributed by atoms with E-state index in [0.29, 0.717) is 11.1 Å². The van der Waals surface area contributed by atoms with Gasteiger partial charge in [0.1, 0.15) is 5.92 Å². The Labute approximate surface area is 120 Å². The Balaban J connectivity index is 2.01. The van der Waals surface area contributed by atoms with Crippen LogP contribution < -0.4 is 5.32 Å². The number of amides is 1. The summed E-state index contributed by atoms with van der Waals surface area (Å²) in [5, 5.41) is 3.97. The second-order valence-corrected chi connectivity index (χ2v) is 5.37. The van der Waals surface area contributed by atoms with Crippen molar-refractivity contribution in [1.29, 1.82) is 0 Å². The Morgan fingerprint density at radius 2 is 2.14 bits per heavy atom. The summed E-state index contributed by atoms with van der Waals surface area (Å²) in [4.78, 5) is 28.2. The number of halogens is 3. The number of thiophene rings is 1. The molecule has 2 aromatic rings. The minimum Gasteiger partial charge on any atom is -0.323 e. The molecule has 1 aliphatic rings. The molecule has 1 amide bonds. The fraction of sp³-hybridized carbons (Fsp3) is 0.154. The molecule has 0 radical (unpaired) electrons. The maximum Gasteiger partial charge on any atom is 0.417 e. The van der Waals surface area contributed by atoms with E-state index in [1.54, 1.807) is 17.5 Å². The number of anilines is 1. The van der Waals surface area contributed by atoms with Gasteiger partial charge in [-0.2, -0.15) is 13.2 Å². The predicted molar refractivity (Wildman–Crippen MR) is 69.3 cm³/mol. The van der Waals surface area contributed by atoms with Gasteiger partial charge in [0.25, 0.3) is 0 Å². The lowest BCUT2D eigenvalue weighted by Crippen LogP contribution is -2.20. The lowest BCUT2D eigenvalue weighted by molar-refractivity contribution is -0.137. The Kier molecular flexibility index (Phi) is 3.05. The molecule has 0 spiro atoms. The SMILES string of the molecule is O=C1Nc2cc(C(F)(F)F)cnc2C1C(=O)c1cccs1. The van der Waals surface area contributed by atoms with Crippen molar-refractivity contribution >= 4 is 28.7 Å². The molecule has 1 unspecified atom stereocenters. The number of aromatic nitrogens is 1. The van der Waals surface area contributed by atoms with Crippen molar-refractivity contribution in [3.8, 4) is 0 Å². The Morgan fingerprint density at radius 3 is 2.76 bits per heavy atom. The van der Waals surface area contributed by atoms with E-state index in [9.17, 15) is 22.8 Å². The molecule has 0 saturated carbocycles. The number of carbonyl (C=O) groups excluding carboxylic acids is 2. The number of fused-ring (bicyclic) bond motifs is 1. The first-order chi connectivity index (χ1) is 9.88. The highest BCUT2D eigenvalue weighted by molar-refractivity contribution is 7.12. The van der Waals surface area contributed by atoms with Gasteiger partial charge in [0.2, 0.25) is 5.91 Å². The molecule has 4 nitrogen and oxygen atoms in total. The van der Waals surface area contributed by atoms with Crippen LogP contribution in [0.4, 0.5) is 18.9 Å². The molecule has 0 aliphatic carbocycles. The van der Waals surface area contributed by atoms with Gasteiger partial charge in [-0.05, 0) is 17.5 Å². The van der Waals surface area contributed by atoms with Crippen LogP contribution >= 0.6 is 11.3 Å². The molecule has 3 rings (SSSR count). The molecule has 8 heteroatoms. The summed E-state index contributed by atoms with van der Waals surface area (Å²) >= 11 is 1.16. The standard InChI is InChI=1S/C13H7F3N2O2S/c14-13(15,16)6-4-7-10(17-5-6)9(12(20)18-7)11(19)8-2-1-3-21-8/h1-5,9H,(H,18,20).